The van der Waals surface area contributed by atoms with Crippen molar-refractivity contribution in [2.24, 2.45) is 0 Å². The van der Waals surface area contributed by atoms with Crippen molar-refractivity contribution in [1.82, 2.24) is 0 Å². The first-order valence-corrected chi connectivity index (χ1v) is 23.2. The maximum Gasteiger partial charge on any atom is 0.306 e. The van der Waals surface area contributed by atoms with E-state index in [1.807, 2.05) is 36.5 Å². The molecule has 13 heteroatoms. The van der Waals surface area contributed by atoms with Crippen LogP contribution in [0.5, 0.6) is 0 Å². The maximum atomic E-state index is 12.8. The van der Waals surface area contributed by atoms with Gasteiger partial charge in [-0.1, -0.05) is 138 Å². The average molecular weight is 839 g/mol. The van der Waals surface area contributed by atoms with E-state index in [1.165, 1.54) is 38.5 Å². The lowest BCUT2D eigenvalue weighted by Crippen LogP contribution is -2.60. The number of aliphatic hydroxyl groups excluding tert-OH is 3. The van der Waals surface area contributed by atoms with Crippen LogP contribution in [0, 0.1) is 0 Å². The van der Waals surface area contributed by atoms with Crippen LogP contribution < -0.4 is 0 Å². The quantitative estimate of drug-likeness (QED) is 0.0160. The van der Waals surface area contributed by atoms with Crippen molar-refractivity contribution in [2.45, 2.75) is 179 Å². The Bertz CT molecular complexity index is 1350. The number of aliphatic hydroxyl groups is 3. The van der Waals surface area contributed by atoms with Gasteiger partial charge in [-0.15, -0.1) is 0 Å². The first-order valence-electron chi connectivity index (χ1n) is 21.5. The molecule has 1 fully saturated rings. The third kappa shape index (κ3) is 29.3. The second-order valence-electron chi connectivity index (χ2n) is 14.7. The zero-order chi connectivity index (χ0) is 42.7. The van der Waals surface area contributed by atoms with Gasteiger partial charge < -0.3 is 34.3 Å². The van der Waals surface area contributed by atoms with Gasteiger partial charge >= 0.3 is 11.9 Å². The van der Waals surface area contributed by atoms with E-state index in [0.29, 0.717) is 12.8 Å². The number of ether oxygens (including phenoxy) is 4. The number of allylic oxidation sites excluding steroid dienone is 12. The van der Waals surface area contributed by atoms with Crippen LogP contribution in [0.3, 0.4) is 0 Å². The Morgan fingerprint density at radius 3 is 1.79 bits per heavy atom. The summed E-state index contributed by atoms with van der Waals surface area (Å²) in [6.07, 6.45) is 33.8. The van der Waals surface area contributed by atoms with E-state index in [9.17, 15) is 37.9 Å². The van der Waals surface area contributed by atoms with E-state index in [1.54, 1.807) is 0 Å². The molecule has 1 aliphatic rings. The Balaban J connectivity index is 2.52. The SMILES string of the molecule is CC/C=C/C=C/C=C/C=C/CCCCCCCC(=O)OC[C@H](CO[C@H]1O[C@H](CS(=O)(=O)O)[C@@H](O)C(O)C1O)OC(=O)CCCC/C=C/C/C=C/CCCCCCCC. The van der Waals surface area contributed by atoms with Gasteiger partial charge in [0.2, 0.25) is 0 Å². The van der Waals surface area contributed by atoms with Gasteiger partial charge in [0.15, 0.2) is 12.4 Å². The van der Waals surface area contributed by atoms with Crippen molar-refractivity contribution in [3.63, 3.8) is 0 Å². The zero-order valence-electron chi connectivity index (χ0n) is 35.1. The van der Waals surface area contributed by atoms with Crippen molar-refractivity contribution in [2.75, 3.05) is 19.0 Å². The molecule has 58 heavy (non-hydrogen) atoms. The third-order valence-corrected chi connectivity index (χ3v) is 10.1. The fourth-order valence-electron chi connectivity index (χ4n) is 6.01. The van der Waals surface area contributed by atoms with Crippen molar-refractivity contribution in [3.8, 4) is 0 Å². The van der Waals surface area contributed by atoms with E-state index < -0.39 is 71.2 Å². The summed E-state index contributed by atoms with van der Waals surface area (Å²) in [5, 5.41) is 30.8. The van der Waals surface area contributed by atoms with Crippen molar-refractivity contribution in [1.29, 1.82) is 0 Å². The lowest BCUT2D eigenvalue weighted by molar-refractivity contribution is -0.297. The number of carbonyl (C=O) groups excluding carboxylic acids is 2. The van der Waals surface area contributed by atoms with Crippen molar-refractivity contribution < 1.29 is 56.8 Å². The first-order chi connectivity index (χ1) is 28.0. The molecule has 1 aliphatic heterocycles. The molecule has 0 aromatic rings. The van der Waals surface area contributed by atoms with Gasteiger partial charge in [0.1, 0.15) is 36.8 Å². The maximum absolute atomic E-state index is 12.8. The minimum Gasteiger partial charge on any atom is -0.462 e. The van der Waals surface area contributed by atoms with Gasteiger partial charge in [-0.3, -0.25) is 14.1 Å². The summed E-state index contributed by atoms with van der Waals surface area (Å²) in [6, 6.07) is 0. The van der Waals surface area contributed by atoms with Crippen LogP contribution in [0.2, 0.25) is 0 Å². The van der Waals surface area contributed by atoms with Crippen molar-refractivity contribution in [3.05, 3.63) is 72.9 Å². The number of rotatable bonds is 34. The highest BCUT2D eigenvalue weighted by Crippen LogP contribution is 2.24. The summed E-state index contributed by atoms with van der Waals surface area (Å²) in [5.41, 5.74) is 0. The number of hydrogen-bond donors (Lipinski definition) is 4. The van der Waals surface area contributed by atoms with Gasteiger partial charge in [-0.2, -0.15) is 8.42 Å². The third-order valence-electron chi connectivity index (χ3n) is 9.36. The molecule has 6 atom stereocenters. The van der Waals surface area contributed by atoms with Crippen LogP contribution in [-0.4, -0.2) is 96.0 Å². The van der Waals surface area contributed by atoms with E-state index in [2.05, 4.69) is 50.3 Å². The number of hydrogen-bond acceptors (Lipinski definition) is 11. The lowest BCUT2D eigenvalue weighted by Gasteiger charge is -2.40. The fourth-order valence-corrected chi connectivity index (χ4v) is 6.70. The molecule has 1 heterocycles. The molecule has 4 N–H and O–H groups in total. The van der Waals surface area contributed by atoms with Gasteiger partial charge in [0.25, 0.3) is 10.1 Å². The molecule has 0 aromatic carbocycles. The molecule has 1 saturated heterocycles. The lowest BCUT2D eigenvalue weighted by atomic mass is 10.00. The molecule has 0 aliphatic carbocycles. The predicted octanol–water partition coefficient (Wildman–Crippen LogP) is 8.33. The van der Waals surface area contributed by atoms with Gasteiger partial charge in [0, 0.05) is 12.8 Å². The van der Waals surface area contributed by atoms with E-state index in [-0.39, 0.29) is 19.4 Å². The fraction of sp³-hybridized carbons (Fsp3) is 0.689. The van der Waals surface area contributed by atoms with Crippen LogP contribution in [0.25, 0.3) is 0 Å². The molecular formula is C45H74O12S. The molecular weight excluding hydrogens is 765 g/mol. The zero-order valence-corrected chi connectivity index (χ0v) is 35.9. The molecule has 1 rings (SSSR count). The smallest absolute Gasteiger partial charge is 0.306 e. The monoisotopic (exact) mass is 838 g/mol. The first kappa shape index (κ1) is 53.1. The minimum atomic E-state index is -4.61. The molecule has 0 bridgehead atoms. The summed E-state index contributed by atoms with van der Waals surface area (Å²) in [6.45, 7) is 3.54. The average Bonchev–Trinajstić information content (AvgIpc) is 3.18. The molecule has 332 valence electrons. The number of carbonyl (C=O) groups is 2. The summed E-state index contributed by atoms with van der Waals surface area (Å²) in [7, 11) is -4.61. The molecule has 0 saturated carbocycles. The topological polar surface area (TPSA) is 186 Å². The highest BCUT2D eigenvalue weighted by Gasteiger charge is 2.46. The predicted molar refractivity (Wildman–Crippen MR) is 228 cm³/mol. The van der Waals surface area contributed by atoms with Crippen molar-refractivity contribution >= 4 is 22.1 Å². The van der Waals surface area contributed by atoms with Crippen LogP contribution in [0.4, 0.5) is 0 Å². The van der Waals surface area contributed by atoms with Gasteiger partial charge in [0.05, 0.1) is 6.61 Å². The minimum absolute atomic E-state index is 0.112. The number of esters is 2. The Kier molecular flexibility index (Phi) is 32.0. The molecule has 0 spiro atoms. The largest absolute Gasteiger partial charge is 0.462 e. The van der Waals surface area contributed by atoms with Crippen LogP contribution in [0.15, 0.2) is 72.9 Å². The number of unbranched alkanes of at least 4 members (excludes halogenated alkanes) is 13. The summed E-state index contributed by atoms with van der Waals surface area (Å²) < 4.78 is 53.9. The van der Waals surface area contributed by atoms with Crippen LogP contribution in [0.1, 0.15) is 142 Å². The molecule has 0 radical (unpaired) electrons. The Morgan fingerprint density at radius 1 is 0.621 bits per heavy atom. The molecule has 0 aromatic heterocycles. The molecule has 2 unspecified atom stereocenters. The summed E-state index contributed by atoms with van der Waals surface area (Å²) in [5.74, 6) is -2.07. The van der Waals surface area contributed by atoms with E-state index >= 15 is 0 Å². The standard InChI is InChI=1S/C45H74O12S/c1-3-5-7-9-11-13-15-17-19-21-23-25-27-29-31-33-40(46)54-35-38(36-55-45-44(50)43(49)42(48)39(57-45)37-58(51,52)53)56-41(47)34-32-30-28-26-24-22-20-18-16-14-12-10-8-6-4-2/h5,7,9,11,13,15,17-20,24,26,38-39,42-45,48-50H,3-4,6,8,10,12,14,16,21-23,25,27-37H2,1-2H3,(H,51,52,53)/b7-5+,11-9+,15-13+,19-17+,20-18+,26-24+/t38-,39-,42-,43?,44?,45+/m1/s1. The van der Waals surface area contributed by atoms with E-state index in [0.717, 1.165) is 64.2 Å². The van der Waals surface area contributed by atoms with Crippen LogP contribution in [-0.2, 0) is 38.7 Å². The highest BCUT2D eigenvalue weighted by atomic mass is 32.2. The Hall–Kier alpha value is -2.91. The van der Waals surface area contributed by atoms with E-state index in [4.69, 9.17) is 18.9 Å². The normalized spacial score (nSPS) is 21.1. The van der Waals surface area contributed by atoms with Gasteiger partial charge in [-0.05, 0) is 64.2 Å². The molecule has 12 nitrogen and oxygen atoms in total. The highest BCUT2D eigenvalue weighted by molar-refractivity contribution is 7.85. The van der Waals surface area contributed by atoms with Crippen LogP contribution >= 0.6 is 0 Å². The van der Waals surface area contributed by atoms with Gasteiger partial charge in [-0.25, -0.2) is 0 Å². The Labute approximate surface area is 348 Å². The summed E-state index contributed by atoms with van der Waals surface area (Å²) >= 11 is 0. The molecule has 0 amide bonds. The second-order valence-corrected chi connectivity index (χ2v) is 16.2. The Morgan fingerprint density at radius 2 is 1.16 bits per heavy atom. The second kappa shape index (κ2) is 34.9. The summed E-state index contributed by atoms with van der Waals surface area (Å²) in [4.78, 5) is 25.3.